The van der Waals surface area contributed by atoms with Crippen LogP contribution in [0.1, 0.15) is 11.1 Å². The predicted molar refractivity (Wildman–Crippen MR) is 141 cm³/mol. The molecular weight excluding hydrogens is 600 g/mol. The van der Waals surface area contributed by atoms with Gasteiger partial charge in [-0.3, -0.25) is 24.8 Å². The summed E-state index contributed by atoms with van der Waals surface area (Å²) in [5.74, 6) is 0.215. The number of halogens is 1. The van der Waals surface area contributed by atoms with Crippen LogP contribution >= 0.6 is 11.6 Å². The molecule has 1 amide bonds. The van der Waals surface area contributed by atoms with Crippen molar-refractivity contribution in [1.82, 2.24) is 9.80 Å². The Kier molecular flexibility index (Phi) is 10.3. The SMILES string of the molecule is CN1CCN(/C=C2\N=C3CN=C(c4ccccc4Cl)c4cc([N+](=O)[O-])ccc4N3C2=O)CC1.[CsH].[NaH]. The second-order valence-corrected chi connectivity index (χ2v) is 8.53. The van der Waals surface area contributed by atoms with Gasteiger partial charge in [0.15, 0.2) is 0 Å². The summed E-state index contributed by atoms with van der Waals surface area (Å²) in [6.07, 6.45) is 1.81. The quantitative estimate of drug-likeness (QED) is 0.225. The van der Waals surface area contributed by atoms with E-state index in [0.717, 1.165) is 26.2 Å². The van der Waals surface area contributed by atoms with Gasteiger partial charge in [-0.1, -0.05) is 29.8 Å². The Balaban J connectivity index is 0.00000171. The van der Waals surface area contributed by atoms with Crippen molar-refractivity contribution in [2.24, 2.45) is 9.98 Å². The summed E-state index contributed by atoms with van der Waals surface area (Å²) in [7, 11) is 2.07. The van der Waals surface area contributed by atoms with Gasteiger partial charge in [-0.15, -0.1) is 0 Å². The number of benzene rings is 2. The van der Waals surface area contributed by atoms with Gasteiger partial charge in [0, 0.05) is 60.7 Å². The molecule has 0 saturated carbocycles. The third-order valence-corrected chi connectivity index (χ3v) is 6.30. The van der Waals surface area contributed by atoms with E-state index in [2.05, 4.69) is 21.8 Å². The molecule has 0 aliphatic carbocycles. The Hall–Kier alpha value is -0.508. The number of amides is 1. The zero-order chi connectivity index (χ0) is 23.1. The Morgan fingerprint density at radius 1 is 1.09 bits per heavy atom. The van der Waals surface area contributed by atoms with Gasteiger partial charge >= 0.3 is 98.5 Å². The number of nitro groups is 1. The Morgan fingerprint density at radius 2 is 1.80 bits per heavy atom. The van der Waals surface area contributed by atoms with Crippen LogP contribution in [0.2, 0.25) is 5.02 Å². The summed E-state index contributed by atoms with van der Waals surface area (Å²) in [4.78, 5) is 39.6. The number of hydrogen-bond donors (Lipinski definition) is 0. The molecule has 3 heterocycles. The number of carbonyl (C=O) groups is 1. The third kappa shape index (κ3) is 5.99. The van der Waals surface area contributed by atoms with E-state index in [4.69, 9.17) is 16.6 Å². The van der Waals surface area contributed by atoms with E-state index >= 15 is 0 Å². The van der Waals surface area contributed by atoms with Gasteiger partial charge in [0.2, 0.25) is 0 Å². The molecule has 0 radical (unpaired) electrons. The van der Waals surface area contributed by atoms with Gasteiger partial charge in [0.25, 0.3) is 11.6 Å². The van der Waals surface area contributed by atoms with E-state index in [-0.39, 0.29) is 117 Å². The zero-order valence-electron chi connectivity index (χ0n) is 17.9. The van der Waals surface area contributed by atoms with E-state index < -0.39 is 4.92 Å². The number of amidine groups is 1. The fourth-order valence-electron chi connectivity index (χ4n) is 4.17. The van der Waals surface area contributed by atoms with Crippen LogP contribution in [0.25, 0.3) is 0 Å². The Morgan fingerprint density at radius 3 is 2.49 bits per heavy atom. The molecule has 1 fully saturated rings. The number of piperazine rings is 1. The summed E-state index contributed by atoms with van der Waals surface area (Å²) in [6.45, 7) is 3.60. The van der Waals surface area contributed by atoms with Crippen molar-refractivity contribution in [3.8, 4) is 0 Å². The average molecular weight is 623 g/mol. The molecule has 0 aromatic heterocycles. The molecule has 12 heteroatoms. The molecule has 2 aromatic rings. The van der Waals surface area contributed by atoms with E-state index in [1.807, 2.05) is 12.1 Å². The Bertz CT molecular complexity index is 1260. The molecule has 1 saturated heterocycles. The number of nitrogens with zero attached hydrogens (tertiary/aromatic N) is 6. The number of aliphatic imine (C=N–C) groups is 2. The van der Waals surface area contributed by atoms with Gasteiger partial charge in [-0.05, 0) is 19.2 Å². The molecule has 0 spiro atoms. The molecule has 3 aliphatic rings. The van der Waals surface area contributed by atoms with Crippen molar-refractivity contribution in [1.29, 1.82) is 0 Å². The number of likely N-dealkylation sites (N-methyl/N-ethyl adjacent to an activating group) is 1. The standard InChI is InChI=1S/C23H21ClN6O3.Cs.Na.2H/c1-27-8-10-28(11-9-27)14-19-23(31)29-20-7-6-15(30(32)33)12-17(20)22(25-13-21(29)26-19)16-4-2-3-5-18(16)24;;;;/h2-7,12,14H,8-11,13H2,1H3;;;;/b19-14-;;;;. The van der Waals surface area contributed by atoms with Crippen LogP contribution in [0, 0.1) is 10.1 Å². The number of fused-ring (bicyclic) bond motifs is 3. The van der Waals surface area contributed by atoms with E-state index in [1.165, 1.54) is 17.0 Å². The first-order chi connectivity index (χ1) is 15.9. The van der Waals surface area contributed by atoms with Crippen LogP contribution in [0.4, 0.5) is 11.4 Å². The Labute approximate surface area is 289 Å². The monoisotopic (exact) mass is 622 g/mol. The number of nitro benzene ring substituents is 1. The van der Waals surface area contributed by atoms with Crippen LogP contribution in [0.15, 0.2) is 64.3 Å². The summed E-state index contributed by atoms with van der Waals surface area (Å²) in [5.41, 5.74) is 2.36. The second kappa shape index (κ2) is 12.4. The molecule has 9 nitrogen and oxygen atoms in total. The summed E-state index contributed by atoms with van der Waals surface area (Å²) >= 11 is 6.43. The average Bonchev–Trinajstić information content (AvgIpc) is 3.01. The molecule has 0 bridgehead atoms. The van der Waals surface area contributed by atoms with Crippen LogP contribution < -0.4 is 4.90 Å². The number of non-ortho nitro benzene ring substituents is 1. The molecule has 172 valence electrons. The van der Waals surface area contributed by atoms with Crippen molar-refractivity contribution in [2.45, 2.75) is 0 Å². The number of hydrogen-bond acceptors (Lipinski definition) is 7. The van der Waals surface area contributed by atoms with Gasteiger partial charge in [0.05, 0.1) is 22.9 Å². The fraction of sp³-hybridized carbons (Fsp3) is 0.261. The second-order valence-electron chi connectivity index (χ2n) is 8.13. The van der Waals surface area contributed by atoms with Crippen molar-refractivity contribution >= 4 is 139 Å². The van der Waals surface area contributed by atoms with Crippen molar-refractivity contribution in [2.75, 3.05) is 44.7 Å². The van der Waals surface area contributed by atoms with Crippen LogP contribution in [0.3, 0.4) is 0 Å². The number of rotatable bonds is 3. The topological polar surface area (TPSA) is 94.7 Å². The van der Waals surface area contributed by atoms with Crippen molar-refractivity contribution in [3.05, 3.63) is 80.6 Å². The molecule has 0 atom stereocenters. The molecule has 0 unspecified atom stereocenters. The van der Waals surface area contributed by atoms with Crippen molar-refractivity contribution in [3.63, 3.8) is 0 Å². The van der Waals surface area contributed by atoms with Crippen molar-refractivity contribution < 1.29 is 9.72 Å². The molecule has 2 aromatic carbocycles. The van der Waals surface area contributed by atoms with Crippen LogP contribution in [0.5, 0.6) is 0 Å². The molecular formula is C23H23ClCsN6NaO3. The van der Waals surface area contributed by atoms with Gasteiger partial charge in [0.1, 0.15) is 11.5 Å². The molecule has 5 rings (SSSR count). The predicted octanol–water partition coefficient (Wildman–Crippen LogP) is 1.64. The molecule has 0 N–H and O–H groups in total. The van der Waals surface area contributed by atoms with Gasteiger partial charge in [-0.25, -0.2) is 4.99 Å². The first-order valence-corrected chi connectivity index (χ1v) is 10.9. The summed E-state index contributed by atoms with van der Waals surface area (Å²) in [5, 5.41) is 12.0. The molecule has 35 heavy (non-hydrogen) atoms. The normalized spacial score (nSPS) is 18.6. The first-order valence-electron chi connectivity index (χ1n) is 10.6. The number of carbonyl (C=O) groups excluding carboxylic acids is 1. The van der Waals surface area contributed by atoms with Gasteiger partial charge < -0.3 is 9.80 Å². The fourth-order valence-corrected chi connectivity index (χ4v) is 4.40. The summed E-state index contributed by atoms with van der Waals surface area (Å²) in [6, 6.07) is 11.6. The molecule has 3 aliphatic heterocycles. The minimum absolute atomic E-state index is 0. The van der Waals surface area contributed by atoms with Crippen LogP contribution in [-0.4, -0.2) is 170 Å². The maximum atomic E-state index is 13.4. The van der Waals surface area contributed by atoms with E-state index in [9.17, 15) is 14.9 Å². The van der Waals surface area contributed by atoms with E-state index in [0.29, 0.717) is 39.1 Å². The number of anilines is 1. The van der Waals surface area contributed by atoms with E-state index in [1.54, 1.807) is 24.4 Å². The maximum absolute atomic E-state index is 13.4. The minimum atomic E-state index is -0.463. The zero-order valence-corrected chi connectivity index (χ0v) is 18.7. The van der Waals surface area contributed by atoms with Crippen LogP contribution in [-0.2, 0) is 4.79 Å². The summed E-state index contributed by atoms with van der Waals surface area (Å²) < 4.78 is 0. The first kappa shape index (κ1) is 29.1. The van der Waals surface area contributed by atoms with Gasteiger partial charge in [-0.2, -0.15) is 0 Å². The third-order valence-electron chi connectivity index (χ3n) is 5.97.